The Hall–Kier alpha value is -3.54. The molecule has 0 unspecified atom stereocenters. The Kier molecular flexibility index (Phi) is 11.6. The van der Waals surface area contributed by atoms with E-state index in [1.165, 1.54) is 11.9 Å². The molecule has 1 heterocycles. The van der Waals surface area contributed by atoms with Gasteiger partial charge in [-0.05, 0) is 93.1 Å². The molecule has 0 fully saturated rings. The number of anilines is 1. The lowest BCUT2D eigenvalue weighted by atomic mass is 10.0. The average Bonchev–Trinajstić information content (AvgIpc) is 2.91. The predicted molar refractivity (Wildman–Crippen MR) is 162 cm³/mol. The summed E-state index contributed by atoms with van der Waals surface area (Å²) in [6.07, 6.45) is 4.90. The maximum absolute atomic E-state index is 11.4. The van der Waals surface area contributed by atoms with Crippen LogP contribution in [0.3, 0.4) is 0 Å². The van der Waals surface area contributed by atoms with E-state index in [-0.39, 0.29) is 10.8 Å². The van der Waals surface area contributed by atoms with Gasteiger partial charge in [0.05, 0.1) is 25.7 Å². The summed E-state index contributed by atoms with van der Waals surface area (Å²) in [5.41, 5.74) is 4.18. The van der Waals surface area contributed by atoms with Crippen LogP contribution in [0.4, 0.5) is 5.69 Å². The van der Waals surface area contributed by atoms with Crippen molar-refractivity contribution in [2.24, 2.45) is 4.40 Å². The maximum Gasteiger partial charge on any atom is 0.295 e. The normalized spacial score (nSPS) is 12.7. The first-order chi connectivity index (χ1) is 19.5. The highest BCUT2D eigenvalue weighted by molar-refractivity contribution is 7.98. The van der Waals surface area contributed by atoms with E-state index < -0.39 is 10.1 Å². The molecule has 0 bridgehead atoms. The first-order valence-electron chi connectivity index (χ1n) is 13.0. The molecule has 1 aliphatic rings. The Balaban J connectivity index is 0.000000298. The standard InChI is InChI=1S/C21H24N2O4S.C9H12O3S/c1-25-19-9-7-17(14-20(19)26-2)28-22-11-3-4-12-27-16-6-8-18-15(13-16)5-10-21(24)23-18;1-6-4-7(2)9(8(3)5-6)13(10,11)12/h6-9,11,13-14H,3-5,10,12H2,1-2H3,(H,23,24);4-5H,1-3H3,(H,10,11,12). The molecule has 4 rings (SSSR count). The third-order valence-corrected chi connectivity index (χ3v) is 8.05. The lowest BCUT2D eigenvalue weighted by Gasteiger charge is -2.17. The third-order valence-electron chi connectivity index (χ3n) is 6.17. The molecule has 0 saturated carbocycles. The molecule has 3 aromatic carbocycles. The minimum atomic E-state index is -4.08. The van der Waals surface area contributed by atoms with Crippen molar-refractivity contribution in [3.05, 3.63) is 70.8 Å². The Bertz CT molecular complexity index is 1480. The van der Waals surface area contributed by atoms with Crippen LogP contribution >= 0.6 is 11.9 Å². The molecule has 11 heteroatoms. The highest BCUT2D eigenvalue weighted by atomic mass is 32.2. The zero-order chi connectivity index (χ0) is 30.0. The summed E-state index contributed by atoms with van der Waals surface area (Å²) in [7, 11) is -0.844. The van der Waals surface area contributed by atoms with E-state index in [2.05, 4.69) is 9.71 Å². The number of carbonyl (C=O) groups is 1. The highest BCUT2D eigenvalue weighted by Crippen LogP contribution is 2.32. The van der Waals surface area contributed by atoms with Gasteiger partial charge in [0, 0.05) is 35.2 Å². The van der Waals surface area contributed by atoms with Crippen LogP contribution in [0, 0.1) is 20.8 Å². The number of carbonyl (C=O) groups excluding carboxylic acids is 1. The van der Waals surface area contributed by atoms with Gasteiger partial charge in [0.25, 0.3) is 10.1 Å². The fourth-order valence-electron chi connectivity index (χ4n) is 4.41. The van der Waals surface area contributed by atoms with Gasteiger partial charge in [-0.25, -0.2) is 4.40 Å². The Morgan fingerprint density at radius 2 is 1.68 bits per heavy atom. The molecule has 3 aromatic rings. The molecule has 41 heavy (non-hydrogen) atoms. The topological polar surface area (TPSA) is 124 Å². The van der Waals surface area contributed by atoms with E-state index in [9.17, 15) is 13.2 Å². The van der Waals surface area contributed by atoms with Crippen LogP contribution in [0.5, 0.6) is 17.2 Å². The van der Waals surface area contributed by atoms with Crippen molar-refractivity contribution in [3.8, 4) is 17.2 Å². The van der Waals surface area contributed by atoms with Crippen molar-refractivity contribution >= 4 is 39.9 Å². The SMILES string of the molecule is COc1ccc(SN=CCCCOc2ccc3c(c2)CCC(=O)N3)cc1OC.Cc1cc(C)c(S(=O)(=O)O)c(C)c1. The van der Waals surface area contributed by atoms with Crippen LogP contribution in [0.1, 0.15) is 41.5 Å². The minimum Gasteiger partial charge on any atom is -0.494 e. The lowest BCUT2D eigenvalue weighted by Crippen LogP contribution is -2.18. The van der Waals surface area contributed by atoms with Crippen molar-refractivity contribution in [2.45, 2.75) is 56.2 Å². The molecule has 2 N–H and O–H groups in total. The average molecular weight is 601 g/mol. The Morgan fingerprint density at radius 3 is 2.34 bits per heavy atom. The van der Waals surface area contributed by atoms with E-state index in [1.54, 1.807) is 40.2 Å². The summed E-state index contributed by atoms with van der Waals surface area (Å²) in [5, 5.41) is 2.88. The van der Waals surface area contributed by atoms with E-state index in [4.69, 9.17) is 18.8 Å². The van der Waals surface area contributed by atoms with E-state index >= 15 is 0 Å². The number of methoxy groups -OCH3 is 2. The summed E-state index contributed by atoms with van der Waals surface area (Å²) in [4.78, 5) is 12.4. The summed E-state index contributed by atoms with van der Waals surface area (Å²) < 4.78 is 51.5. The van der Waals surface area contributed by atoms with Crippen molar-refractivity contribution in [1.29, 1.82) is 0 Å². The van der Waals surface area contributed by atoms with E-state index in [1.807, 2.05) is 49.5 Å². The first-order valence-corrected chi connectivity index (χ1v) is 15.2. The number of unbranched alkanes of at least 4 members (excludes halogenated alkanes) is 1. The minimum absolute atomic E-state index is 0.0260. The molecule has 220 valence electrons. The molecule has 0 saturated heterocycles. The van der Waals surface area contributed by atoms with Gasteiger partial charge in [-0.1, -0.05) is 17.7 Å². The molecule has 9 nitrogen and oxygen atoms in total. The molecule has 1 amide bonds. The van der Waals surface area contributed by atoms with Crippen molar-refractivity contribution in [2.75, 3.05) is 26.1 Å². The van der Waals surface area contributed by atoms with E-state index in [0.29, 0.717) is 35.7 Å². The molecular weight excluding hydrogens is 564 g/mol. The van der Waals surface area contributed by atoms with Crippen LogP contribution in [0.2, 0.25) is 0 Å². The third kappa shape index (κ3) is 9.51. The predicted octanol–water partition coefficient (Wildman–Crippen LogP) is 6.38. The van der Waals surface area contributed by atoms with Gasteiger partial charge >= 0.3 is 0 Å². The van der Waals surface area contributed by atoms with Crippen molar-refractivity contribution in [3.63, 3.8) is 0 Å². The second-order valence-corrected chi connectivity index (χ2v) is 11.7. The number of hydrogen-bond acceptors (Lipinski definition) is 8. The number of benzene rings is 3. The number of hydrogen-bond donors (Lipinski definition) is 2. The van der Waals surface area contributed by atoms with Crippen LogP contribution in [-0.2, 0) is 21.3 Å². The highest BCUT2D eigenvalue weighted by Gasteiger charge is 2.16. The van der Waals surface area contributed by atoms with Gasteiger partial charge in [-0.2, -0.15) is 8.42 Å². The zero-order valence-corrected chi connectivity index (χ0v) is 25.5. The molecule has 0 atom stereocenters. The fourth-order valence-corrected chi connectivity index (χ4v) is 5.93. The first kappa shape index (κ1) is 32.0. The van der Waals surface area contributed by atoms with Crippen LogP contribution in [0.25, 0.3) is 0 Å². The van der Waals surface area contributed by atoms with Gasteiger partial charge in [0.1, 0.15) is 5.75 Å². The number of fused-ring (bicyclic) bond motifs is 1. The second-order valence-electron chi connectivity index (χ2n) is 9.46. The summed E-state index contributed by atoms with van der Waals surface area (Å²) in [5.74, 6) is 2.32. The molecule has 1 aliphatic heterocycles. The number of nitrogens with zero attached hydrogens (tertiary/aromatic N) is 1. The number of nitrogens with one attached hydrogen (secondary N) is 1. The molecular formula is C30H36N2O7S2. The van der Waals surface area contributed by atoms with Gasteiger partial charge in [0.15, 0.2) is 11.5 Å². The van der Waals surface area contributed by atoms with Gasteiger partial charge in [0.2, 0.25) is 5.91 Å². The molecule has 0 radical (unpaired) electrons. The van der Waals surface area contributed by atoms with Crippen molar-refractivity contribution in [1.82, 2.24) is 0 Å². The summed E-state index contributed by atoms with van der Waals surface area (Å²) >= 11 is 1.40. The van der Waals surface area contributed by atoms with Gasteiger partial charge < -0.3 is 19.5 Å². The molecule has 0 spiro atoms. The number of amides is 1. The van der Waals surface area contributed by atoms with E-state index in [0.717, 1.165) is 46.7 Å². The monoisotopic (exact) mass is 600 g/mol. The quantitative estimate of drug-likeness (QED) is 0.119. The number of rotatable bonds is 10. The molecule has 0 aromatic heterocycles. The van der Waals surface area contributed by atoms with Crippen LogP contribution < -0.4 is 19.5 Å². The zero-order valence-electron chi connectivity index (χ0n) is 23.9. The lowest BCUT2D eigenvalue weighted by molar-refractivity contribution is -0.116. The Morgan fingerprint density at radius 1 is 0.976 bits per heavy atom. The fraction of sp³-hybridized carbons (Fsp3) is 0.333. The maximum atomic E-state index is 11.4. The Labute approximate surface area is 246 Å². The van der Waals surface area contributed by atoms with Crippen molar-refractivity contribution < 1.29 is 32.0 Å². The second kappa shape index (κ2) is 14.9. The summed E-state index contributed by atoms with van der Waals surface area (Å²) in [6.45, 7) is 5.85. The largest absolute Gasteiger partial charge is 0.494 e. The number of aryl methyl sites for hydroxylation is 4. The smallest absolute Gasteiger partial charge is 0.295 e. The van der Waals surface area contributed by atoms with Crippen LogP contribution in [-0.4, -0.2) is 45.9 Å². The van der Waals surface area contributed by atoms with Gasteiger partial charge in [-0.3, -0.25) is 9.35 Å². The molecule has 0 aliphatic carbocycles. The summed E-state index contributed by atoms with van der Waals surface area (Å²) in [6, 6.07) is 15.0. The van der Waals surface area contributed by atoms with Gasteiger partial charge in [-0.15, -0.1) is 0 Å². The number of ether oxygens (including phenoxy) is 3. The van der Waals surface area contributed by atoms with Crippen LogP contribution in [0.15, 0.2) is 62.7 Å².